The molecule has 8 heteroatoms. The van der Waals surface area contributed by atoms with E-state index >= 15 is 0 Å². The molecular formula is C17H22FN5O2. The molecule has 7 nitrogen and oxygen atoms in total. The first kappa shape index (κ1) is 18.5. The summed E-state index contributed by atoms with van der Waals surface area (Å²) in [6.45, 7) is 3.33. The number of halogens is 1. The summed E-state index contributed by atoms with van der Waals surface area (Å²) in [6.07, 6.45) is 1.64. The van der Waals surface area contributed by atoms with Crippen LogP contribution in [-0.4, -0.2) is 44.2 Å². The van der Waals surface area contributed by atoms with Gasteiger partial charge in [-0.2, -0.15) is 5.26 Å². The first-order valence-electron chi connectivity index (χ1n) is 8.23. The Morgan fingerprint density at radius 3 is 2.80 bits per heavy atom. The van der Waals surface area contributed by atoms with Crippen molar-refractivity contribution in [2.24, 2.45) is 0 Å². The summed E-state index contributed by atoms with van der Waals surface area (Å²) in [5.74, 6) is -0.575. The van der Waals surface area contributed by atoms with Crippen LogP contribution in [0.4, 0.5) is 14.9 Å². The van der Waals surface area contributed by atoms with Crippen molar-refractivity contribution >= 4 is 17.6 Å². The van der Waals surface area contributed by atoms with Gasteiger partial charge in [0, 0.05) is 39.1 Å². The molecule has 1 heterocycles. The summed E-state index contributed by atoms with van der Waals surface area (Å²) in [7, 11) is 0. The third-order valence-electron chi connectivity index (χ3n) is 3.96. The third kappa shape index (κ3) is 5.64. The van der Waals surface area contributed by atoms with Crippen LogP contribution in [0.2, 0.25) is 0 Å². The van der Waals surface area contributed by atoms with Crippen LogP contribution in [0.1, 0.15) is 25.3 Å². The van der Waals surface area contributed by atoms with Crippen molar-refractivity contribution in [2.45, 2.75) is 25.8 Å². The highest BCUT2D eigenvalue weighted by molar-refractivity contribution is 5.75. The molecule has 1 saturated heterocycles. The van der Waals surface area contributed by atoms with Gasteiger partial charge >= 0.3 is 6.03 Å². The Bertz CT molecular complexity index is 673. The number of benzene rings is 1. The second-order valence-electron chi connectivity index (χ2n) is 5.95. The molecule has 1 aromatic rings. The number of hydrogen-bond donors (Lipinski definition) is 3. The minimum Gasteiger partial charge on any atom is -0.367 e. The summed E-state index contributed by atoms with van der Waals surface area (Å²) in [4.78, 5) is 24.5. The van der Waals surface area contributed by atoms with E-state index in [2.05, 4.69) is 16.0 Å². The lowest BCUT2D eigenvalue weighted by molar-refractivity contribution is -0.118. The molecule has 0 unspecified atom stereocenters. The first-order valence-corrected chi connectivity index (χ1v) is 8.23. The largest absolute Gasteiger partial charge is 0.367 e. The zero-order valence-corrected chi connectivity index (χ0v) is 14.1. The van der Waals surface area contributed by atoms with Gasteiger partial charge in [0.25, 0.3) is 0 Å². The molecule has 25 heavy (non-hydrogen) atoms. The highest BCUT2D eigenvalue weighted by Gasteiger charge is 2.23. The van der Waals surface area contributed by atoms with Crippen molar-refractivity contribution in [1.82, 2.24) is 16.0 Å². The van der Waals surface area contributed by atoms with Crippen LogP contribution >= 0.6 is 0 Å². The van der Waals surface area contributed by atoms with Crippen molar-refractivity contribution in [3.05, 3.63) is 29.6 Å². The fourth-order valence-electron chi connectivity index (χ4n) is 2.80. The molecule has 1 fully saturated rings. The maximum absolute atomic E-state index is 14.2. The van der Waals surface area contributed by atoms with Gasteiger partial charge in [0.05, 0.1) is 17.3 Å². The predicted octanol–water partition coefficient (Wildman–Crippen LogP) is 1.10. The van der Waals surface area contributed by atoms with Gasteiger partial charge in [0.2, 0.25) is 5.91 Å². The normalized spacial score (nSPS) is 16.7. The molecule has 2 rings (SSSR count). The van der Waals surface area contributed by atoms with Crippen LogP contribution in [0.5, 0.6) is 0 Å². The quantitative estimate of drug-likeness (QED) is 0.695. The number of piperidine rings is 1. The summed E-state index contributed by atoms with van der Waals surface area (Å²) in [6, 6.07) is 5.92. The molecular weight excluding hydrogens is 325 g/mol. The van der Waals surface area contributed by atoms with Gasteiger partial charge in [0.15, 0.2) is 0 Å². The van der Waals surface area contributed by atoms with Gasteiger partial charge in [-0.3, -0.25) is 4.79 Å². The van der Waals surface area contributed by atoms with Crippen LogP contribution in [-0.2, 0) is 4.79 Å². The average molecular weight is 347 g/mol. The molecule has 0 aliphatic carbocycles. The molecule has 0 radical (unpaired) electrons. The Labute approximate surface area is 146 Å². The van der Waals surface area contributed by atoms with Crippen molar-refractivity contribution < 1.29 is 14.0 Å². The number of rotatable bonds is 5. The molecule has 1 atom stereocenters. The fraction of sp³-hybridized carbons (Fsp3) is 0.471. The van der Waals surface area contributed by atoms with Crippen LogP contribution in [0.25, 0.3) is 0 Å². The fourth-order valence-corrected chi connectivity index (χ4v) is 2.80. The summed E-state index contributed by atoms with van der Waals surface area (Å²) < 4.78 is 14.2. The zero-order chi connectivity index (χ0) is 18.2. The number of carbonyl (C=O) groups is 2. The summed E-state index contributed by atoms with van der Waals surface area (Å²) in [5, 5.41) is 17.0. The van der Waals surface area contributed by atoms with Crippen LogP contribution in [0.3, 0.4) is 0 Å². The van der Waals surface area contributed by atoms with Crippen molar-refractivity contribution in [3.8, 4) is 6.07 Å². The Hall–Kier alpha value is -2.82. The first-order chi connectivity index (χ1) is 12.0. The summed E-state index contributed by atoms with van der Waals surface area (Å²) in [5.41, 5.74) is 0.725. The predicted molar refractivity (Wildman–Crippen MR) is 91.6 cm³/mol. The van der Waals surface area contributed by atoms with Crippen molar-refractivity contribution in [1.29, 1.82) is 5.26 Å². The minimum absolute atomic E-state index is 0.0930. The van der Waals surface area contributed by atoms with Crippen molar-refractivity contribution in [3.63, 3.8) is 0 Å². The molecule has 1 aliphatic rings. The van der Waals surface area contributed by atoms with Gasteiger partial charge in [0.1, 0.15) is 5.82 Å². The molecule has 3 amide bonds. The van der Waals surface area contributed by atoms with E-state index in [9.17, 15) is 14.0 Å². The molecule has 134 valence electrons. The zero-order valence-electron chi connectivity index (χ0n) is 14.1. The Morgan fingerprint density at radius 1 is 1.36 bits per heavy atom. The minimum atomic E-state index is -0.431. The number of carbonyl (C=O) groups excluding carboxylic acids is 2. The van der Waals surface area contributed by atoms with Crippen molar-refractivity contribution in [2.75, 3.05) is 31.1 Å². The van der Waals surface area contributed by atoms with E-state index in [0.29, 0.717) is 31.9 Å². The second kappa shape index (κ2) is 8.87. The smallest absolute Gasteiger partial charge is 0.315 e. The SMILES string of the molecule is CC(=O)NCCNC(=O)N[C@H]1CCCN(c2ccc(C#N)cc2F)C1. The molecule has 0 aromatic heterocycles. The molecule has 3 N–H and O–H groups in total. The number of nitriles is 1. The molecule has 0 spiro atoms. The lowest BCUT2D eigenvalue weighted by Gasteiger charge is -2.35. The topological polar surface area (TPSA) is 97.3 Å². The van der Waals surface area contributed by atoms with Gasteiger partial charge in [-0.1, -0.05) is 0 Å². The van der Waals surface area contributed by atoms with Gasteiger partial charge < -0.3 is 20.9 Å². The summed E-state index contributed by atoms with van der Waals surface area (Å²) >= 11 is 0. The lowest BCUT2D eigenvalue weighted by atomic mass is 10.0. The number of amides is 3. The Morgan fingerprint density at radius 2 is 2.12 bits per heavy atom. The van der Waals surface area contributed by atoms with E-state index in [4.69, 9.17) is 5.26 Å². The third-order valence-corrected chi connectivity index (χ3v) is 3.96. The van der Waals surface area contributed by atoms with E-state index in [-0.39, 0.29) is 23.5 Å². The highest BCUT2D eigenvalue weighted by atomic mass is 19.1. The van der Waals surface area contributed by atoms with E-state index in [0.717, 1.165) is 12.8 Å². The van der Waals surface area contributed by atoms with Crippen LogP contribution < -0.4 is 20.9 Å². The Kier molecular flexibility index (Phi) is 6.57. The second-order valence-corrected chi connectivity index (χ2v) is 5.95. The van der Waals surface area contributed by atoms with E-state index < -0.39 is 5.82 Å². The van der Waals surface area contributed by atoms with Gasteiger partial charge in [-0.05, 0) is 31.0 Å². The number of anilines is 1. The molecule has 1 aliphatic heterocycles. The number of nitrogens with zero attached hydrogens (tertiary/aromatic N) is 2. The molecule has 1 aromatic carbocycles. The molecule has 0 bridgehead atoms. The van der Waals surface area contributed by atoms with Gasteiger partial charge in [-0.15, -0.1) is 0 Å². The van der Waals surface area contributed by atoms with Gasteiger partial charge in [-0.25, -0.2) is 9.18 Å². The maximum atomic E-state index is 14.2. The van der Waals surface area contributed by atoms with E-state index in [1.165, 1.54) is 13.0 Å². The van der Waals surface area contributed by atoms with Crippen LogP contribution in [0, 0.1) is 17.1 Å². The van der Waals surface area contributed by atoms with E-state index in [1.807, 2.05) is 11.0 Å². The average Bonchev–Trinajstić information content (AvgIpc) is 2.58. The maximum Gasteiger partial charge on any atom is 0.315 e. The number of hydrogen-bond acceptors (Lipinski definition) is 4. The van der Waals surface area contributed by atoms with Crippen LogP contribution in [0.15, 0.2) is 18.2 Å². The monoisotopic (exact) mass is 347 g/mol. The Balaban J connectivity index is 1.85. The highest BCUT2D eigenvalue weighted by Crippen LogP contribution is 2.24. The van der Waals surface area contributed by atoms with E-state index in [1.54, 1.807) is 12.1 Å². The number of nitrogens with one attached hydrogen (secondary N) is 3. The lowest BCUT2D eigenvalue weighted by Crippen LogP contribution is -2.51. The number of urea groups is 1. The standard InChI is InChI=1S/C17H22FN5O2/c1-12(24)20-6-7-21-17(25)22-14-3-2-8-23(11-14)16-5-4-13(10-19)9-15(16)18/h4-5,9,14H,2-3,6-8,11H2,1H3,(H,20,24)(H2,21,22,25)/t14-/m0/s1. The molecule has 0 saturated carbocycles.